The van der Waals surface area contributed by atoms with Gasteiger partial charge in [0.05, 0.1) is 11.4 Å². The molecule has 1 atom stereocenters. The van der Waals surface area contributed by atoms with Crippen molar-refractivity contribution in [3.63, 3.8) is 0 Å². The summed E-state index contributed by atoms with van der Waals surface area (Å²) in [6, 6.07) is 5.23. The zero-order valence-electron chi connectivity index (χ0n) is 7.55. The average Bonchev–Trinajstić information content (AvgIpc) is 2.09. The van der Waals surface area contributed by atoms with Crippen LogP contribution in [0.2, 0.25) is 0 Å². The largest absolute Gasteiger partial charge is 0.397 e. The van der Waals surface area contributed by atoms with Crippen LogP contribution in [0.25, 0.3) is 0 Å². The molecular weight excluding hydrogens is 267 g/mol. The van der Waals surface area contributed by atoms with Crippen molar-refractivity contribution in [1.29, 1.82) is 0 Å². The molecule has 0 bridgehead atoms. The number of alkyl halides is 1. The number of rotatable bonds is 2. The molecule has 1 aromatic carbocycles. The molecule has 0 fully saturated rings. The first-order valence-electron chi connectivity index (χ1n) is 4.00. The Balaban J connectivity index is 2.82. The third-order valence-electron chi connectivity index (χ3n) is 1.63. The minimum absolute atomic E-state index is 0.263. The zero-order chi connectivity index (χ0) is 10.7. The topological polar surface area (TPSA) is 55.1 Å². The van der Waals surface area contributed by atoms with Gasteiger partial charge >= 0.3 is 0 Å². The van der Waals surface area contributed by atoms with E-state index in [2.05, 4.69) is 21.2 Å². The smallest absolute Gasteiger partial charge is 0.242 e. The van der Waals surface area contributed by atoms with Gasteiger partial charge in [0.2, 0.25) is 5.91 Å². The van der Waals surface area contributed by atoms with Crippen LogP contribution in [0.15, 0.2) is 22.7 Å². The van der Waals surface area contributed by atoms with Crippen molar-refractivity contribution < 1.29 is 4.79 Å². The van der Waals surface area contributed by atoms with Crippen molar-refractivity contribution in [3.05, 3.63) is 22.7 Å². The first-order valence-corrected chi connectivity index (χ1v) is 5.23. The van der Waals surface area contributed by atoms with Crippen LogP contribution in [-0.2, 0) is 4.79 Å². The second-order valence-electron chi connectivity index (χ2n) is 2.84. The van der Waals surface area contributed by atoms with Gasteiger partial charge in [-0.05, 0) is 25.1 Å². The van der Waals surface area contributed by atoms with Crippen molar-refractivity contribution in [1.82, 2.24) is 0 Å². The van der Waals surface area contributed by atoms with E-state index < -0.39 is 5.38 Å². The van der Waals surface area contributed by atoms with E-state index in [9.17, 15) is 4.79 Å². The third-order valence-corrected chi connectivity index (χ3v) is 2.32. The summed E-state index contributed by atoms with van der Waals surface area (Å²) in [5.41, 5.74) is 6.76. The van der Waals surface area contributed by atoms with Crippen molar-refractivity contribution in [2.24, 2.45) is 0 Å². The molecule has 3 N–H and O–H groups in total. The van der Waals surface area contributed by atoms with E-state index in [4.69, 9.17) is 17.3 Å². The lowest BCUT2D eigenvalue weighted by molar-refractivity contribution is -0.115. The molecule has 76 valence electrons. The van der Waals surface area contributed by atoms with Crippen LogP contribution in [-0.4, -0.2) is 11.3 Å². The van der Waals surface area contributed by atoms with E-state index in [0.717, 1.165) is 4.47 Å². The molecule has 0 aromatic heterocycles. The SMILES string of the molecule is C[C@@H](Cl)C(=O)Nc1ccc(Br)cc1N. The van der Waals surface area contributed by atoms with Gasteiger partial charge in [-0.1, -0.05) is 15.9 Å². The average molecular weight is 278 g/mol. The molecule has 1 aromatic rings. The first kappa shape index (κ1) is 11.3. The summed E-state index contributed by atoms with van der Waals surface area (Å²) >= 11 is 8.87. The summed E-state index contributed by atoms with van der Waals surface area (Å²) in [6.45, 7) is 1.60. The lowest BCUT2D eigenvalue weighted by atomic mass is 10.2. The monoisotopic (exact) mass is 276 g/mol. The molecule has 0 radical (unpaired) electrons. The van der Waals surface area contributed by atoms with Gasteiger partial charge < -0.3 is 11.1 Å². The molecule has 0 aliphatic rings. The third kappa shape index (κ3) is 2.89. The Morgan fingerprint density at radius 2 is 2.29 bits per heavy atom. The van der Waals surface area contributed by atoms with Gasteiger partial charge in [-0.15, -0.1) is 11.6 Å². The van der Waals surface area contributed by atoms with E-state index in [0.29, 0.717) is 11.4 Å². The van der Waals surface area contributed by atoms with E-state index in [1.54, 1.807) is 25.1 Å². The van der Waals surface area contributed by atoms with Crippen LogP contribution in [0.5, 0.6) is 0 Å². The van der Waals surface area contributed by atoms with Crippen LogP contribution in [0, 0.1) is 0 Å². The van der Waals surface area contributed by atoms with Crippen molar-refractivity contribution in [2.45, 2.75) is 12.3 Å². The number of hydrogen-bond donors (Lipinski definition) is 2. The standard InChI is InChI=1S/C9H10BrClN2O/c1-5(11)9(14)13-8-3-2-6(10)4-7(8)12/h2-5H,12H2,1H3,(H,13,14)/t5-/m1/s1. The van der Waals surface area contributed by atoms with Crippen LogP contribution < -0.4 is 11.1 Å². The van der Waals surface area contributed by atoms with Crippen LogP contribution >= 0.6 is 27.5 Å². The molecular formula is C9H10BrClN2O. The minimum Gasteiger partial charge on any atom is -0.397 e. The summed E-state index contributed by atoms with van der Waals surface area (Å²) < 4.78 is 0.868. The molecule has 0 spiro atoms. The van der Waals surface area contributed by atoms with E-state index in [-0.39, 0.29) is 5.91 Å². The van der Waals surface area contributed by atoms with Crippen molar-refractivity contribution >= 4 is 44.8 Å². The molecule has 0 saturated carbocycles. The number of amides is 1. The first-order chi connectivity index (χ1) is 6.50. The number of anilines is 2. The molecule has 5 heteroatoms. The minimum atomic E-state index is -0.571. The number of hydrogen-bond acceptors (Lipinski definition) is 2. The zero-order valence-corrected chi connectivity index (χ0v) is 9.89. The number of benzene rings is 1. The number of carbonyl (C=O) groups is 1. The highest BCUT2D eigenvalue weighted by Gasteiger charge is 2.10. The number of halogens is 2. The second kappa shape index (κ2) is 4.66. The van der Waals surface area contributed by atoms with Crippen LogP contribution in [0.3, 0.4) is 0 Å². The molecule has 0 aliphatic heterocycles. The highest BCUT2D eigenvalue weighted by atomic mass is 79.9. The molecule has 0 aliphatic carbocycles. The number of nitrogens with one attached hydrogen (secondary N) is 1. The quantitative estimate of drug-likeness (QED) is 0.645. The van der Waals surface area contributed by atoms with Gasteiger partial charge in [0.15, 0.2) is 0 Å². The Kier molecular flexibility index (Phi) is 3.77. The van der Waals surface area contributed by atoms with E-state index in [1.165, 1.54) is 0 Å². The van der Waals surface area contributed by atoms with Crippen LogP contribution in [0.1, 0.15) is 6.92 Å². The number of nitrogen functional groups attached to an aromatic ring is 1. The lowest BCUT2D eigenvalue weighted by Gasteiger charge is -2.09. The Bertz CT molecular complexity index is 355. The summed E-state index contributed by atoms with van der Waals surface area (Å²) in [7, 11) is 0. The number of carbonyl (C=O) groups excluding carboxylic acids is 1. The summed E-state index contributed by atoms with van der Waals surface area (Å²) in [4.78, 5) is 11.2. The summed E-state index contributed by atoms with van der Waals surface area (Å²) in [6.07, 6.45) is 0. The highest BCUT2D eigenvalue weighted by Crippen LogP contribution is 2.23. The molecule has 3 nitrogen and oxygen atoms in total. The molecule has 0 unspecified atom stereocenters. The van der Waals surface area contributed by atoms with E-state index in [1.807, 2.05) is 0 Å². The Hall–Kier alpha value is -0.740. The molecule has 1 rings (SSSR count). The highest BCUT2D eigenvalue weighted by molar-refractivity contribution is 9.10. The molecule has 14 heavy (non-hydrogen) atoms. The normalized spacial score (nSPS) is 12.2. The predicted molar refractivity (Wildman–Crippen MR) is 62.5 cm³/mol. The van der Waals surface area contributed by atoms with Gasteiger partial charge in [-0.2, -0.15) is 0 Å². The Morgan fingerprint density at radius 1 is 1.64 bits per heavy atom. The van der Waals surface area contributed by atoms with Gasteiger partial charge in [0, 0.05) is 4.47 Å². The molecule has 0 saturated heterocycles. The maximum Gasteiger partial charge on any atom is 0.242 e. The van der Waals surface area contributed by atoms with Gasteiger partial charge in [-0.3, -0.25) is 4.79 Å². The number of nitrogens with two attached hydrogens (primary N) is 1. The summed E-state index contributed by atoms with van der Waals surface area (Å²) in [5.74, 6) is -0.263. The Labute approximate surface area is 95.7 Å². The fraction of sp³-hybridized carbons (Fsp3) is 0.222. The van der Waals surface area contributed by atoms with Gasteiger partial charge in [0.1, 0.15) is 5.38 Å². The summed E-state index contributed by atoms with van der Waals surface area (Å²) in [5, 5.41) is 2.05. The predicted octanol–water partition coefficient (Wildman–Crippen LogP) is 2.60. The molecule has 0 heterocycles. The van der Waals surface area contributed by atoms with E-state index >= 15 is 0 Å². The van der Waals surface area contributed by atoms with Gasteiger partial charge in [0.25, 0.3) is 0 Å². The van der Waals surface area contributed by atoms with Crippen molar-refractivity contribution in [3.8, 4) is 0 Å². The lowest BCUT2D eigenvalue weighted by Crippen LogP contribution is -2.20. The van der Waals surface area contributed by atoms with Gasteiger partial charge in [-0.25, -0.2) is 0 Å². The molecule has 1 amide bonds. The van der Waals surface area contributed by atoms with Crippen molar-refractivity contribution in [2.75, 3.05) is 11.1 Å². The maximum absolute atomic E-state index is 11.2. The fourth-order valence-corrected chi connectivity index (χ4v) is 1.31. The fourth-order valence-electron chi connectivity index (χ4n) is 0.880. The van der Waals surface area contributed by atoms with Crippen LogP contribution in [0.4, 0.5) is 11.4 Å². The second-order valence-corrected chi connectivity index (χ2v) is 4.41. The Morgan fingerprint density at radius 3 is 2.79 bits per heavy atom. The maximum atomic E-state index is 11.2.